The molecule has 0 unspecified atom stereocenters. The Balaban J connectivity index is 2.80. The number of hydrogen-bond acceptors (Lipinski definition) is 3. The smallest absolute Gasteiger partial charge is 0.433 e. The van der Waals surface area contributed by atoms with E-state index < -0.39 is 11.9 Å². The first kappa shape index (κ1) is 13.5. The van der Waals surface area contributed by atoms with Crippen LogP contribution in [0.1, 0.15) is 11.3 Å². The van der Waals surface area contributed by atoms with Crippen LogP contribution in [0.15, 0.2) is 24.3 Å². The van der Waals surface area contributed by atoms with Crippen molar-refractivity contribution in [3.8, 4) is 5.75 Å². The van der Waals surface area contributed by atoms with Gasteiger partial charge in [0.2, 0.25) is 0 Å². The monoisotopic (exact) mass is 286 g/mol. The Hall–Kier alpha value is -1.89. The van der Waals surface area contributed by atoms with Crippen molar-refractivity contribution in [2.75, 3.05) is 7.11 Å². The molecule has 0 aliphatic heterocycles. The highest BCUT2D eigenvalue weighted by atomic mass is 32.1. The number of rotatable bonds is 2. The first-order chi connectivity index (χ1) is 8.84. The van der Waals surface area contributed by atoms with Crippen molar-refractivity contribution in [2.45, 2.75) is 6.18 Å². The molecule has 0 spiro atoms. The highest BCUT2D eigenvalue weighted by Crippen LogP contribution is 2.33. The van der Waals surface area contributed by atoms with Crippen LogP contribution < -0.4 is 10.5 Å². The van der Waals surface area contributed by atoms with E-state index in [1.807, 2.05) is 0 Å². The summed E-state index contributed by atoms with van der Waals surface area (Å²) in [4.78, 5) is 3.69. The summed E-state index contributed by atoms with van der Waals surface area (Å²) in [5.41, 5.74) is 5.10. The standard InChI is InChI=1S/C12H9F3N2OS/c1-18-8-4-2-7(11(16)19)6-3-5-9(12(13,14)15)17-10(6)8/h2-5H,1H3,(H2,16,19). The molecule has 2 N–H and O–H groups in total. The minimum atomic E-state index is -4.52. The van der Waals surface area contributed by atoms with Gasteiger partial charge in [0.1, 0.15) is 21.9 Å². The summed E-state index contributed by atoms with van der Waals surface area (Å²) in [5.74, 6) is 0.237. The van der Waals surface area contributed by atoms with Crippen LogP contribution in [0.2, 0.25) is 0 Å². The molecule has 1 heterocycles. The van der Waals surface area contributed by atoms with E-state index in [-0.39, 0.29) is 16.3 Å². The van der Waals surface area contributed by atoms with Crippen molar-refractivity contribution in [3.63, 3.8) is 0 Å². The van der Waals surface area contributed by atoms with Crippen molar-refractivity contribution in [3.05, 3.63) is 35.5 Å². The molecule has 0 aliphatic carbocycles. The fourth-order valence-electron chi connectivity index (χ4n) is 1.73. The maximum Gasteiger partial charge on any atom is 0.433 e. The van der Waals surface area contributed by atoms with Crippen LogP contribution in [0.25, 0.3) is 10.9 Å². The van der Waals surface area contributed by atoms with Gasteiger partial charge in [-0.15, -0.1) is 0 Å². The first-order valence-corrected chi connectivity index (χ1v) is 5.60. The van der Waals surface area contributed by atoms with Crippen LogP contribution in [-0.2, 0) is 6.18 Å². The molecule has 19 heavy (non-hydrogen) atoms. The van der Waals surface area contributed by atoms with E-state index in [4.69, 9.17) is 22.7 Å². The number of thiocarbonyl (C=S) groups is 1. The third-order valence-corrected chi connectivity index (χ3v) is 2.82. The normalized spacial score (nSPS) is 11.6. The average Bonchev–Trinajstić information content (AvgIpc) is 2.35. The highest BCUT2D eigenvalue weighted by molar-refractivity contribution is 7.80. The molecule has 0 radical (unpaired) electrons. The fraction of sp³-hybridized carbons (Fsp3) is 0.167. The number of alkyl halides is 3. The van der Waals surface area contributed by atoms with Crippen LogP contribution >= 0.6 is 12.2 Å². The second-order valence-electron chi connectivity index (χ2n) is 3.77. The van der Waals surface area contributed by atoms with Crippen LogP contribution in [-0.4, -0.2) is 17.1 Å². The number of nitrogens with zero attached hydrogens (tertiary/aromatic N) is 1. The zero-order valence-corrected chi connectivity index (χ0v) is 10.6. The molecule has 0 atom stereocenters. The molecule has 0 bridgehead atoms. The average molecular weight is 286 g/mol. The molecule has 0 saturated heterocycles. The molecule has 2 rings (SSSR count). The second-order valence-corrected chi connectivity index (χ2v) is 4.21. The van der Waals surface area contributed by atoms with Gasteiger partial charge in [-0.25, -0.2) is 4.98 Å². The van der Waals surface area contributed by atoms with E-state index in [0.717, 1.165) is 6.07 Å². The van der Waals surface area contributed by atoms with Crippen LogP contribution in [0.4, 0.5) is 13.2 Å². The summed E-state index contributed by atoms with van der Waals surface area (Å²) in [6.45, 7) is 0. The summed E-state index contributed by atoms with van der Waals surface area (Å²) < 4.78 is 43.0. The van der Waals surface area contributed by atoms with E-state index >= 15 is 0 Å². The largest absolute Gasteiger partial charge is 0.494 e. The number of fused-ring (bicyclic) bond motifs is 1. The zero-order chi connectivity index (χ0) is 14.2. The number of aromatic nitrogens is 1. The lowest BCUT2D eigenvalue weighted by Crippen LogP contribution is -2.12. The fourth-order valence-corrected chi connectivity index (χ4v) is 1.91. The third-order valence-electron chi connectivity index (χ3n) is 2.60. The van der Waals surface area contributed by atoms with Crippen LogP contribution in [0.5, 0.6) is 5.75 Å². The Morgan fingerprint density at radius 2 is 1.95 bits per heavy atom. The predicted octanol–water partition coefficient (Wildman–Crippen LogP) is 2.90. The van der Waals surface area contributed by atoms with Crippen molar-refractivity contribution in [1.29, 1.82) is 0 Å². The maximum atomic E-state index is 12.7. The molecule has 0 aliphatic rings. The van der Waals surface area contributed by atoms with E-state index in [9.17, 15) is 13.2 Å². The van der Waals surface area contributed by atoms with E-state index in [0.29, 0.717) is 10.9 Å². The van der Waals surface area contributed by atoms with Crippen molar-refractivity contribution in [2.24, 2.45) is 5.73 Å². The van der Waals surface area contributed by atoms with E-state index in [1.165, 1.54) is 19.2 Å². The lowest BCUT2D eigenvalue weighted by Gasteiger charge is -2.11. The summed E-state index contributed by atoms with van der Waals surface area (Å²) in [5, 5.41) is 0.430. The van der Waals surface area contributed by atoms with Gasteiger partial charge in [-0.05, 0) is 24.3 Å². The van der Waals surface area contributed by atoms with Gasteiger partial charge in [-0.3, -0.25) is 0 Å². The van der Waals surface area contributed by atoms with Gasteiger partial charge in [0.15, 0.2) is 0 Å². The Morgan fingerprint density at radius 1 is 1.26 bits per heavy atom. The van der Waals surface area contributed by atoms with Crippen molar-refractivity contribution >= 4 is 28.1 Å². The first-order valence-electron chi connectivity index (χ1n) is 5.19. The van der Waals surface area contributed by atoms with Gasteiger partial charge in [0, 0.05) is 10.9 Å². The van der Waals surface area contributed by atoms with E-state index in [2.05, 4.69) is 4.98 Å². The molecule has 0 amide bonds. The quantitative estimate of drug-likeness (QED) is 0.862. The highest BCUT2D eigenvalue weighted by Gasteiger charge is 2.32. The van der Waals surface area contributed by atoms with Gasteiger partial charge in [-0.1, -0.05) is 12.2 Å². The topological polar surface area (TPSA) is 48.1 Å². The summed E-state index contributed by atoms with van der Waals surface area (Å²) >= 11 is 4.86. The summed E-state index contributed by atoms with van der Waals surface area (Å²) in [6, 6.07) is 5.27. The Bertz CT molecular complexity index is 655. The Labute approximate surface area is 112 Å². The van der Waals surface area contributed by atoms with Crippen LogP contribution in [0.3, 0.4) is 0 Å². The van der Waals surface area contributed by atoms with Gasteiger partial charge in [0.05, 0.1) is 7.11 Å². The van der Waals surface area contributed by atoms with Gasteiger partial charge < -0.3 is 10.5 Å². The lowest BCUT2D eigenvalue weighted by atomic mass is 10.1. The van der Waals surface area contributed by atoms with Crippen LogP contribution in [0, 0.1) is 0 Å². The molecule has 100 valence electrons. The lowest BCUT2D eigenvalue weighted by molar-refractivity contribution is -0.140. The number of halogens is 3. The molecular formula is C12H9F3N2OS. The Morgan fingerprint density at radius 3 is 2.47 bits per heavy atom. The minimum Gasteiger partial charge on any atom is -0.494 e. The second kappa shape index (κ2) is 4.65. The maximum absolute atomic E-state index is 12.7. The molecular weight excluding hydrogens is 277 g/mol. The summed E-state index contributed by atoms with van der Waals surface area (Å²) in [7, 11) is 1.36. The third kappa shape index (κ3) is 2.46. The van der Waals surface area contributed by atoms with Gasteiger partial charge in [-0.2, -0.15) is 13.2 Å². The molecule has 3 nitrogen and oxygen atoms in total. The molecule has 1 aromatic heterocycles. The minimum absolute atomic E-state index is 0.0858. The number of pyridine rings is 1. The molecule has 0 fully saturated rings. The van der Waals surface area contributed by atoms with Crippen molar-refractivity contribution in [1.82, 2.24) is 4.98 Å². The number of hydrogen-bond donors (Lipinski definition) is 1. The zero-order valence-electron chi connectivity index (χ0n) is 9.78. The molecule has 7 heteroatoms. The van der Waals surface area contributed by atoms with Crippen molar-refractivity contribution < 1.29 is 17.9 Å². The molecule has 2 aromatic rings. The van der Waals surface area contributed by atoms with Gasteiger partial charge in [0.25, 0.3) is 0 Å². The Kier molecular flexibility index (Phi) is 3.32. The van der Waals surface area contributed by atoms with E-state index in [1.54, 1.807) is 6.07 Å². The number of benzene rings is 1. The number of nitrogens with two attached hydrogens (primary N) is 1. The number of ether oxygens (including phenoxy) is 1. The van der Waals surface area contributed by atoms with Gasteiger partial charge >= 0.3 is 6.18 Å². The molecule has 0 saturated carbocycles. The number of methoxy groups -OCH3 is 1. The molecule has 1 aromatic carbocycles. The summed E-state index contributed by atoms with van der Waals surface area (Å²) in [6.07, 6.45) is -4.52. The SMILES string of the molecule is COc1ccc(C(N)=S)c2ccc(C(F)(F)F)nc12. The predicted molar refractivity (Wildman–Crippen MR) is 69.2 cm³/mol.